The summed E-state index contributed by atoms with van der Waals surface area (Å²) in [6, 6.07) is 9.55. The van der Waals surface area contributed by atoms with Crippen LogP contribution in [0.25, 0.3) is 0 Å². The Morgan fingerprint density at radius 3 is 2.64 bits per heavy atom. The number of methoxy groups -OCH3 is 1. The summed E-state index contributed by atoms with van der Waals surface area (Å²) in [5.41, 5.74) is 8.70. The fourth-order valence-corrected chi connectivity index (χ4v) is 6.32. The summed E-state index contributed by atoms with van der Waals surface area (Å²) in [5, 5.41) is 17.7. The van der Waals surface area contributed by atoms with Crippen LogP contribution in [-0.4, -0.2) is 39.9 Å². The standard InChI is InChI=1S/C25H30N6O2/c1-15-9-25(10-16(2)22(15)33-3)11-18-5-4-17(12-26)8-20(18)21(25)23(32)31(24(27)28)13-19-6-7-29-14-30-19/h4-8,14-16,21-22H,9-11,13H2,1-3H3,(H3,27,28)/t15-,16+,21-,22?,25?/m0/s1. The van der Waals surface area contributed by atoms with Gasteiger partial charge in [-0.2, -0.15) is 5.26 Å². The van der Waals surface area contributed by atoms with Crippen LogP contribution in [0.3, 0.4) is 0 Å². The van der Waals surface area contributed by atoms with Crippen LogP contribution in [0.1, 0.15) is 55.0 Å². The van der Waals surface area contributed by atoms with Crippen LogP contribution in [0.15, 0.2) is 36.8 Å². The highest BCUT2D eigenvalue weighted by Crippen LogP contribution is 2.58. The SMILES string of the molecule is COC1[C@H](C)CC2(Cc3ccc(C#N)cc3[C@H]2C(=O)N(Cc2ccncn2)C(=N)N)C[C@@H]1C. The van der Waals surface area contributed by atoms with Crippen molar-refractivity contribution in [3.63, 3.8) is 0 Å². The first kappa shape index (κ1) is 22.9. The third kappa shape index (κ3) is 4.09. The molecule has 1 aromatic carbocycles. The smallest absolute Gasteiger partial charge is 0.237 e. The van der Waals surface area contributed by atoms with Crippen molar-refractivity contribution in [3.05, 3.63) is 59.2 Å². The van der Waals surface area contributed by atoms with E-state index in [2.05, 4.69) is 29.9 Å². The minimum Gasteiger partial charge on any atom is -0.381 e. The maximum atomic E-state index is 14.1. The van der Waals surface area contributed by atoms with Crippen molar-refractivity contribution in [2.75, 3.05) is 7.11 Å². The highest BCUT2D eigenvalue weighted by Gasteiger charge is 2.55. The molecule has 1 fully saturated rings. The number of nitriles is 1. The van der Waals surface area contributed by atoms with Crippen LogP contribution in [0.5, 0.6) is 0 Å². The van der Waals surface area contributed by atoms with Gasteiger partial charge in [-0.25, -0.2) is 9.97 Å². The number of benzene rings is 1. The number of nitrogens with zero attached hydrogens (tertiary/aromatic N) is 4. The highest BCUT2D eigenvalue weighted by molar-refractivity contribution is 5.99. The van der Waals surface area contributed by atoms with Crippen LogP contribution in [0, 0.1) is 34.0 Å². The maximum Gasteiger partial charge on any atom is 0.237 e. The zero-order valence-corrected chi connectivity index (χ0v) is 19.3. The second-order valence-electron chi connectivity index (χ2n) is 9.57. The van der Waals surface area contributed by atoms with E-state index >= 15 is 0 Å². The molecule has 5 atom stereocenters. The number of carbonyl (C=O) groups excluding carboxylic acids is 1. The Balaban J connectivity index is 1.78. The predicted molar refractivity (Wildman–Crippen MR) is 123 cm³/mol. The molecule has 0 bridgehead atoms. The quantitative estimate of drug-likeness (QED) is 0.549. The first-order chi connectivity index (χ1) is 15.8. The molecule has 1 aromatic heterocycles. The zero-order valence-electron chi connectivity index (χ0n) is 19.3. The van der Waals surface area contributed by atoms with Gasteiger partial charge in [0.2, 0.25) is 5.91 Å². The molecule has 4 rings (SSSR count). The average Bonchev–Trinajstić information content (AvgIpc) is 3.08. The van der Waals surface area contributed by atoms with Gasteiger partial charge < -0.3 is 10.5 Å². The van der Waals surface area contributed by atoms with Crippen LogP contribution in [0.4, 0.5) is 0 Å². The molecule has 2 aromatic rings. The predicted octanol–water partition coefficient (Wildman–Crippen LogP) is 2.98. The molecule has 1 heterocycles. The molecule has 8 heteroatoms. The third-order valence-electron chi connectivity index (χ3n) is 7.36. The van der Waals surface area contributed by atoms with E-state index in [-0.39, 0.29) is 41.8 Å². The molecule has 8 nitrogen and oxygen atoms in total. The van der Waals surface area contributed by atoms with Crippen LogP contribution >= 0.6 is 0 Å². The van der Waals surface area contributed by atoms with Crippen molar-refractivity contribution in [2.45, 2.75) is 51.7 Å². The molecule has 2 unspecified atom stereocenters. The summed E-state index contributed by atoms with van der Waals surface area (Å²) in [7, 11) is 1.75. The molecule has 33 heavy (non-hydrogen) atoms. The Bertz CT molecular complexity index is 1080. The number of hydrogen-bond acceptors (Lipinski definition) is 6. The van der Waals surface area contributed by atoms with E-state index in [1.165, 1.54) is 11.2 Å². The molecule has 1 spiro atoms. The number of nitrogens with one attached hydrogen (secondary N) is 1. The lowest BCUT2D eigenvalue weighted by molar-refractivity contribution is -0.136. The second kappa shape index (κ2) is 8.91. The molecule has 0 saturated heterocycles. The first-order valence-corrected chi connectivity index (χ1v) is 11.3. The minimum absolute atomic E-state index is 0.0995. The molecule has 1 amide bonds. The Labute approximate surface area is 194 Å². The molecule has 1 saturated carbocycles. The summed E-state index contributed by atoms with van der Waals surface area (Å²) in [4.78, 5) is 23.6. The monoisotopic (exact) mass is 446 g/mol. The summed E-state index contributed by atoms with van der Waals surface area (Å²) in [6.07, 6.45) is 5.55. The van der Waals surface area contributed by atoms with Gasteiger partial charge >= 0.3 is 0 Å². The van der Waals surface area contributed by atoms with E-state index in [0.717, 1.165) is 30.4 Å². The molecule has 2 aliphatic rings. The maximum absolute atomic E-state index is 14.1. The lowest BCUT2D eigenvalue weighted by Gasteiger charge is -2.48. The highest BCUT2D eigenvalue weighted by atomic mass is 16.5. The number of fused-ring (bicyclic) bond motifs is 1. The minimum atomic E-state index is -0.491. The van der Waals surface area contributed by atoms with Gasteiger partial charge in [0.15, 0.2) is 5.96 Å². The average molecular weight is 447 g/mol. The lowest BCUT2D eigenvalue weighted by atomic mass is 9.59. The largest absolute Gasteiger partial charge is 0.381 e. The van der Waals surface area contributed by atoms with E-state index in [9.17, 15) is 10.1 Å². The van der Waals surface area contributed by atoms with Crippen LogP contribution < -0.4 is 5.73 Å². The number of guanidine groups is 1. The first-order valence-electron chi connectivity index (χ1n) is 11.3. The van der Waals surface area contributed by atoms with Gasteiger partial charge in [0.1, 0.15) is 6.33 Å². The Kier molecular flexibility index (Phi) is 6.17. The van der Waals surface area contributed by atoms with E-state index in [0.29, 0.717) is 11.3 Å². The van der Waals surface area contributed by atoms with E-state index in [1.54, 1.807) is 19.4 Å². The number of amides is 1. The van der Waals surface area contributed by atoms with Crippen LogP contribution in [0.2, 0.25) is 0 Å². The van der Waals surface area contributed by atoms with Crippen molar-refractivity contribution >= 4 is 11.9 Å². The summed E-state index contributed by atoms with van der Waals surface area (Å²) in [6.45, 7) is 4.46. The van der Waals surface area contributed by atoms with E-state index in [4.69, 9.17) is 15.9 Å². The topological polar surface area (TPSA) is 129 Å². The molecule has 172 valence electrons. The van der Waals surface area contributed by atoms with Crippen molar-refractivity contribution < 1.29 is 9.53 Å². The number of rotatable bonds is 4. The van der Waals surface area contributed by atoms with Gasteiger partial charge in [0, 0.05) is 13.3 Å². The van der Waals surface area contributed by atoms with Gasteiger partial charge in [-0.05, 0) is 65.8 Å². The Morgan fingerprint density at radius 1 is 1.33 bits per heavy atom. The lowest BCUT2D eigenvalue weighted by Crippen LogP contribution is -2.50. The second-order valence-corrected chi connectivity index (χ2v) is 9.57. The number of nitrogens with two attached hydrogens (primary N) is 1. The van der Waals surface area contributed by atoms with Crippen LogP contribution in [-0.2, 0) is 22.5 Å². The zero-order chi connectivity index (χ0) is 23.8. The number of ether oxygens (including phenoxy) is 1. The molecule has 0 aliphatic heterocycles. The van der Waals surface area contributed by atoms with Crippen molar-refractivity contribution in [2.24, 2.45) is 23.0 Å². The normalized spacial score (nSPS) is 28.2. The van der Waals surface area contributed by atoms with Gasteiger partial charge in [-0.3, -0.25) is 15.1 Å². The van der Waals surface area contributed by atoms with Gasteiger partial charge in [-0.15, -0.1) is 0 Å². The van der Waals surface area contributed by atoms with Crippen molar-refractivity contribution in [1.29, 1.82) is 10.7 Å². The number of aromatic nitrogens is 2. The molecule has 0 radical (unpaired) electrons. The third-order valence-corrected chi connectivity index (χ3v) is 7.36. The molecular weight excluding hydrogens is 416 g/mol. The summed E-state index contributed by atoms with van der Waals surface area (Å²) >= 11 is 0. The fraction of sp³-hybridized carbons (Fsp3) is 0.480. The Morgan fingerprint density at radius 2 is 2.06 bits per heavy atom. The van der Waals surface area contributed by atoms with Crippen molar-refractivity contribution in [1.82, 2.24) is 14.9 Å². The van der Waals surface area contributed by atoms with E-state index in [1.807, 2.05) is 18.2 Å². The molecule has 3 N–H and O–H groups in total. The summed E-state index contributed by atoms with van der Waals surface area (Å²) < 4.78 is 5.79. The molecular formula is C25H30N6O2. The fourth-order valence-electron chi connectivity index (χ4n) is 6.32. The number of hydrogen-bond donors (Lipinski definition) is 2. The van der Waals surface area contributed by atoms with E-state index < -0.39 is 5.92 Å². The molecule has 2 aliphatic carbocycles. The Hall–Kier alpha value is -3.31. The van der Waals surface area contributed by atoms with Gasteiger partial charge in [0.25, 0.3) is 0 Å². The van der Waals surface area contributed by atoms with Gasteiger partial charge in [-0.1, -0.05) is 19.9 Å². The van der Waals surface area contributed by atoms with Gasteiger partial charge in [0.05, 0.1) is 35.9 Å². The van der Waals surface area contributed by atoms with Crippen molar-refractivity contribution in [3.8, 4) is 6.07 Å². The number of carbonyl (C=O) groups is 1. The summed E-state index contributed by atoms with van der Waals surface area (Å²) in [5.74, 6) is -0.484.